The van der Waals surface area contributed by atoms with Crippen molar-refractivity contribution in [3.8, 4) is 0 Å². The molecule has 0 spiro atoms. The van der Waals surface area contributed by atoms with E-state index >= 15 is 0 Å². The van der Waals surface area contributed by atoms with E-state index in [0.717, 1.165) is 0 Å². The van der Waals surface area contributed by atoms with Crippen LogP contribution in [0.25, 0.3) is 0 Å². The molecular formula is C6H7NO2S2. The van der Waals surface area contributed by atoms with Crippen LogP contribution in [0.4, 0.5) is 0 Å². The molecule has 1 aromatic heterocycles. The number of ketones is 1. The monoisotopic (exact) mass is 189 g/mol. The summed E-state index contributed by atoms with van der Waals surface area (Å²) >= 11 is 3.92. The van der Waals surface area contributed by atoms with Crippen molar-refractivity contribution >= 4 is 28.2 Å². The second-order valence-electron chi connectivity index (χ2n) is 1.99. The minimum absolute atomic E-state index is 0.0567. The molecule has 0 bridgehead atoms. The molecule has 0 aliphatic carbocycles. The molecule has 1 rings (SSSR count). The van der Waals surface area contributed by atoms with Gasteiger partial charge in [0.05, 0.1) is 5.25 Å². The highest BCUT2D eigenvalue weighted by atomic mass is 33.1. The van der Waals surface area contributed by atoms with Gasteiger partial charge in [-0.3, -0.25) is 4.79 Å². The van der Waals surface area contributed by atoms with E-state index in [2.05, 4.69) is 21.1 Å². The number of aromatic nitrogens is 1. The molecule has 0 fully saturated rings. The van der Waals surface area contributed by atoms with E-state index in [0.29, 0.717) is 5.69 Å². The normalized spacial score (nSPS) is 12.9. The highest BCUT2D eigenvalue weighted by Crippen LogP contribution is 2.17. The zero-order chi connectivity index (χ0) is 8.27. The van der Waals surface area contributed by atoms with Crippen molar-refractivity contribution in [3.63, 3.8) is 0 Å². The Morgan fingerprint density at radius 2 is 2.64 bits per heavy atom. The van der Waals surface area contributed by atoms with E-state index in [1.165, 1.54) is 23.5 Å². The average molecular weight is 189 g/mol. The van der Waals surface area contributed by atoms with Crippen LogP contribution in [0.5, 0.6) is 0 Å². The quantitative estimate of drug-likeness (QED) is 0.447. The van der Waals surface area contributed by atoms with Crippen LogP contribution in [0.3, 0.4) is 0 Å². The third kappa shape index (κ3) is 2.00. The smallest absolute Gasteiger partial charge is 0.197 e. The van der Waals surface area contributed by atoms with E-state index in [9.17, 15) is 4.79 Å². The summed E-state index contributed by atoms with van der Waals surface area (Å²) in [7, 11) is 1.19. The van der Waals surface area contributed by atoms with Gasteiger partial charge >= 0.3 is 0 Å². The Kier molecular flexibility index (Phi) is 3.02. The van der Waals surface area contributed by atoms with Crippen molar-refractivity contribution < 1.29 is 9.21 Å². The van der Waals surface area contributed by atoms with E-state index in [1.807, 2.05) is 0 Å². The Morgan fingerprint density at radius 3 is 3.09 bits per heavy atom. The molecule has 11 heavy (non-hydrogen) atoms. The van der Waals surface area contributed by atoms with Gasteiger partial charge in [-0.05, 0) is 6.92 Å². The van der Waals surface area contributed by atoms with Crippen molar-refractivity contribution in [1.82, 2.24) is 4.98 Å². The third-order valence-electron chi connectivity index (χ3n) is 1.21. The highest BCUT2D eigenvalue weighted by molar-refractivity contribution is 8.69. The van der Waals surface area contributed by atoms with Crippen LogP contribution in [-0.4, -0.2) is 16.0 Å². The highest BCUT2D eigenvalue weighted by Gasteiger charge is 2.16. The van der Waals surface area contributed by atoms with E-state index in [-0.39, 0.29) is 11.0 Å². The Balaban J connectivity index is 2.70. The lowest BCUT2D eigenvalue weighted by Gasteiger charge is -2.00. The maximum absolute atomic E-state index is 11.2. The maximum Gasteiger partial charge on any atom is 0.197 e. The fraction of sp³-hybridized carbons (Fsp3) is 0.333. The second kappa shape index (κ2) is 3.82. The molecule has 0 N–H and O–H groups in total. The molecule has 1 heterocycles. The van der Waals surface area contributed by atoms with Crippen molar-refractivity contribution in [2.75, 3.05) is 0 Å². The number of carbonyl (C=O) groups excluding carboxylic acids is 1. The van der Waals surface area contributed by atoms with Crippen molar-refractivity contribution in [2.24, 2.45) is 0 Å². The topological polar surface area (TPSA) is 43.1 Å². The molecule has 1 unspecified atom stereocenters. The summed E-state index contributed by atoms with van der Waals surface area (Å²) in [6.07, 6.45) is 2.58. The first-order valence-corrected chi connectivity index (χ1v) is 4.91. The average Bonchev–Trinajstić information content (AvgIpc) is 2.53. The van der Waals surface area contributed by atoms with E-state index in [4.69, 9.17) is 0 Å². The number of thiol groups is 1. The minimum Gasteiger partial charge on any atom is -0.451 e. The number of Topliss-reactive ketones (excluding diaryl/α,β-unsaturated/α-hetero) is 1. The summed E-state index contributed by atoms with van der Waals surface area (Å²) in [5.74, 6) is -0.0567. The molecule has 0 amide bonds. The van der Waals surface area contributed by atoms with E-state index < -0.39 is 0 Å². The largest absolute Gasteiger partial charge is 0.451 e. The van der Waals surface area contributed by atoms with Gasteiger partial charge in [-0.15, -0.1) is 11.7 Å². The van der Waals surface area contributed by atoms with Crippen molar-refractivity contribution in [1.29, 1.82) is 0 Å². The molecule has 0 aliphatic rings. The Labute approximate surface area is 73.4 Å². The SMILES string of the molecule is CC(SS)C(=O)c1cocn1. The lowest BCUT2D eigenvalue weighted by atomic mass is 10.2. The lowest BCUT2D eigenvalue weighted by Crippen LogP contribution is -2.12. The Hall–Kier alpha value is -0.420. The predicted molar refractivity (Wildman–Crippen MR) is 46.9 cm³/mol. The van der Waals surface area contributed by atoms with Gasteiger partial charge < -0.3 is 4.42 Å². The second-order valence-corrected chi connectivity index (χ2v) is 3.54. The van der Waals surface area contributed by atoms with Gasteiger partial charge in [-0.2, -0.15) is 0 Å². The van der Waals surface area contributed by atoms with Crippen LogP contribution >= 0.6 is 22.5 Å². The van der Waals surface area contributed by atoms with Gasteiger partial charge in [-0.1, -0.05) is 10.8 Å². The van der Waals surface area contributed by atoms with Gasteiger partial charge in [0.25, 0.3) is 0 Å². The molecule has 0 aromatic carbocycles. The molecule has 1 atom stereocenters. The van der Waals surface area contributed by atoms with Crippen LogP contribution in [0.1, 0.15) is 17.4 Å². The van der Waals surface area contributed by atoms with Gasteiger partial charge in [-0.25, -0.2) is 4.98 Å². The number of rotatable bonds is 3. The van der Waals surface area contributed by atoms with Crippen molar-refractivity contribution in [2.45, 2.75) is 12.2 Å². The molecule has 1 aromatic rings. The zero-order valence-electron chi connectivity index (χ0n) is 5.85. The summed E-state index contributed by atoms with van der Waals surface area (Å²) in [5, 5.41) is -0.177. The fourth-order valence-corrected chi connectivity index (χ4v) is 1.09. The first-order valence-electron chi connectivity index (χ1n) is 2.98. The first-order chi connectivity index (χ1) is 5.25. The van der Waals surface area contributed by atoms with Crippen LogP contribution in [0.2, 0.25) is 0 Å². The van der Waals surface area contributed by atoms with Gasteiger partial charge in [0.15, 0.2) is 12.2 Å². The van der Waals surface area contributed by atoms with Crippen LogP contribution in [0, 0.1) is 0 Å². The molecule has 0 aliphatic heterocycles. The number of hydrogen-bond donors (Lipinski definition) is 1. The number of oxazole rings is 1. The summed E-state index contributed by atoms with van der Waals surface area (Å²) in [5.41, 5.74) is 0.360. The molecule has 60 valence electrons. The van der Waals surface area contributed by atoms with Crippen LogP contribution < -0.4 is 0 Å². The molecule has 3 nitrogen and oxygen atoms in total. The molecule has 0 saturated heterocycles. The van der Waals surface area contributed by atoms with Gasteiger partial charge in [0.1, 0.15) is 12.0 Å². The maximum atomic E-state index is 11.2. The molecule has 0 radical (unpaired) electrons. The number of carbonyl (C=O) groups is 1. The van der Waals surface area contributed by atoms with Gasteiger partial charge in [0.2, 0.25) is 0 Å². The van der Waals surface area contributed by atoms with Crippen LogP contribution in [-0.2, 0) is 0 Å². The Bertz CT molecular complexity index is 235. The van der Waals surface area contributed by atoms with Crippen molar-refractivity contribution in [3.05, 3.63) is 18.4 Å². The number of nitrogens with zero attached hydrogens (tertiary/aromatic N) is 1. The lowest BCUT2D eigenvalue weighted by molar-refractivity contribution is 0.0989. The minimum atomic E-state index is -0.177. The van der Waals surface area contributed by atoms with Crippen LogP contribution in [0.15, 0.2) is 17.1 Å². The standard InChI is InChI=1S/C6H7NO2S2/c1-4(11-10)6(8)5-2-9-3-7-5/h2-4,10H,1H3. The fourth-order valence-electron chi connectivity index (χ4n) is 0.590. The summed E-state index contributed by atoms with van der Waals surface area (Å²) < 4.78 is 4.66. The number of hydrogen-bond acceptors (Lipinski definition) is 5. The summed E-state index contributed by atoms with van der Waals surface area (Å²) in [6, 6.07) is 0. The zero-order valence-corrected chi connectivity index (χ0v) is 7.56. The van der Waals surface area contributed by atoms with Gasteiger partial charge in [0, 0.05) is 0 Å². The van der Waals surface area contributed by atoms with E-state index in [1.54, 1.807) is 6.92 Å². The summed E-state index contributed by atoms with van der Waals surface area (Å²) in [4.78, 5) is 15.0. The molecule has 5 heteroatoms. The molecule has 0 saturated carbocycles. The molecular weight excluding hydrogens is 182 g/mol. The summed E-state index contributed by atoms with van der Waals surface area (Å²) in [6.45, 7) is 1.77. The first kappa shape index (κ1) is 8.67. The Morgan fingerprint density at radius 1 is 1.91 bits per heavy atom. The third-order valence-corrected chi connectivity index (χ3v) is 2.69. The predicted octanol–water partition coefficient (Wildman–Crippen LogP) is 1.82.